The SMILES string of the molecule is CCCc1cccc(C(O)c2cc(CC)nn2C)c1. The van der Waals surface area contributed by atoms with Crippen LogP contribution in [0.4, 0.5) is 0 Å². The largest absolute Gasteiger partial charge is 0.382 e. The Balaban J connectivity index is 2.29. The summed E-state index contributed by atoms with van der Waals surface area (Å²) < 4.78 is 1.77. The first kappa shape index (κ1) is 13.8. The topological polar surface area (TPSA) is 38.1 Å². The molecule has 102 valence electrons. The van der Waals surface area contributed by atoms with Crippen molar-refractivity contribution < 1.29 is 5.11 Å². The Bertz CT molecular complexity index is 545. The minimum absolute atomic E-state index is 0.602. The molecule has 1 heterocycles. The fourth-order valence-corrected chi connectivity index (χ4v) is 2.35. The molecule has 1 aromatic carbocycles. The lowest BCUT2D eigenvalue weighted by molar-refractivity contribution is 0.209. The van der Waals surface area contributed by atoms with Gasteiger partial charge in [-0.1, -0.05) is 44.5 Å². The summed E-state index contributed by atoms with van der Waals surface area (Å²) in [6.07, 6.45) is 2.45. The van der Waals surface area contributed by atoms with E-state index in [0.29, 0.717) is 0 Å². The minimum atomic E-state index is -0.602. The van der Waals surface area contributed by atoms with Gasteiger partial charge in [-0.2, -0.15) is 5.10 Å². The van der Waals surface area contributed by atoms with E-state index >= 15 is 0 Å². The highest BCUT2D eigenvalue weighted by molar-refractivity contribution is 5.31. The van der Waals surface area contributed by atoms with Crippen molar-refractivity contribution in [2.45, 2.75) is 39.2 Å². The van der Waals surface area contributed by atoms with Crippen LogP contribution in [0.15, 0.2) is 30.3 Å². The molecule has 1 aromatic heterocycles. The predicted octanol–water partition coefficient (Wildman–Crippen LogP) is 3.02. The van der Waals surface area contributed by atoms with Crippen LogP contribution >= 0.6 is 0 Å². The lowest BCUT2D eigenvalue weighted by Crippen LogP contribution is -2.06. The molecule has 0 bridgehead atoms. The molecule has 0 radical (unpaired) electrons. The first-order chi connectivity index (χ1) is 9.15. The second-order valence-electron chi connectivity index (χ2n) is 4.94. The van der Waals surface area contributed by atoms with Gasteiger partial charge < -0.3 is 5.11 Å². The van der Waals surface area contributed by atoms with Crippen molar-refractivity contribution in [2.24, 2.45) is 7.05 Å². The van der Waals surface area contributed by atoms with Crippen LogP contribution in [-0.2, 0) is 19.9 Å². The first-order valence-corrected chi connectivity index (χ1v) is 6.95. The molecule has 2 rings (SSSR count). The van der Waals surface area contributed by atoms with E-state index in [4.69, 9.17) is 0 Å². The van der Waals surface area contributed by atoms with Gasteiger partial charge in [-0.15, -0.1) is 0 Å². The maximum absolute atomic E-state index is 10.5. The monoisotopic (exact) mass is 258 g/mol. The van der Waals surface area contributed by atoms with Crippen LogP contribution in [0.2, 0.25) is 0 Å². The maximum Gasteiger partial charge on any atom is 0.121 e. The normalized spacial score (nSPS) is 12.6. The van der Waals surface area contributed by atoms with Crippen LogP contribution < -0.4 is 0 Å². The van der Waals surface area contributed by atoms with Gasteiger partial charge in [-0.3, -0.25) is 4.68 Å². The van der Waals surface area contributed by atoms with Gasteiger partial charge in [0, 0.05) is 7.05 Å². The highest BCUT2D eigenvalue weighted by atomic mass is 16.3. The lowest BCUT2D eigenvalue weighted by Gasteiger charge is -2.12. The molecule has 0 aliphatic carbocycles. The Labute approximate surface area is 114 Å². The summed E-state index contributed by atoms with van der Waals surface area (Å²) in [5, 5.41) is 14.9. The minimum Gasteiger partial charge on any atom is -0.382 e. The van der Waals surface area contributed by atoms with E-state index in [1.807, 2.05) is 25.2 Å². The summed E-state index contributed by atoms with van der Waals surface area (Å²) in [6.45, 7) is 4.23. The van der Waals surface area contributed by atoms with Crippen molar-refractivity contribution >= 4 is 0 Å². The van der Waals surface area contributed by atoms with Crippen molar-refractivity contribution in [3.8, 4) is 0 Å². The number of hydrogen-bond donors (Lipinski definition) is 1. The van der Waals surface area contributed by atoms with E-state index in [9.17, 15) is 5.11 Å². The summed E-state index contributed by atoms with van der Waals surface area (Å²) in [5.41, 5.74) is 4.08. The first-order valence-electron chi connectivity index (χ1n) is 6.95. The molecule has 2 aromatic rings. The molecular weight excluding hydrogens is 236 g/mol. The van der Waals surface area contributed by atoms with E-state index < -0.39 is 6.10 Å². The average Bonchev–Trinajstić information content (AvgIpc) is 2.80. The molecule has 19 heavy (non-hydrogen) atoms. The lowest BCUT2D eigenvalue weighted by atomic mass is 10.0. The molecule has 1 N–H and O–H groups in total. The molecule has 0 aliphatic rings. The van der Waals surface area contributed by atoms with Crippen molar-refractivity contribution in [3.63, 3.8) is 0 Å². The summed E-state index contributed by atoms with van der Waals surface area (Å²) in [5.74, 6) is 0. The van der Waals surface area contributed by atoms with Crippen molar-refractivity contribution in [1.29, 1.82) is 0 Å². The highest BCUT2D eigenvalue weighted by Gasteiger charge is 2.16. The molecule has 0 amide bonds. The number of nitrogens with zero attached hydrogens (tertiary/aromatic N) is 2. The Morgan fingerprint density at radius 2 is 2.05 bits per heavy atom. The number of aromatic nitrogens is 2. The summed E-state index contributed by atoms with van der Waals surface area (Å²) >= 11 is 0. The summed E-state index contributed by atoms with van der Waals surface area (Å²) in [4.78, 5) is 0. The number of aryl methyl sites for hydroxylation is 3. The number of rotatable bonds is 5. The quantitative estimate of drug-likeness (QED) is 0.895. The highest BCUT2D eigenvalue weighted by Crippen LogP contribution is 2.23. The number of benzene rings is 1. The second kappa shape index (κ2) is 6.02. The van der Waals surface area contributed by atoms with Gasteiger partial charge in [0.25, 0.3) is 0 Å². The zero-order chi connectivity index (χ0) is 13.8. The van der Waals surface area contributed by atoms with E-state index in [1.54, 1.807) is 4.68 Å². The number of hydrogen-bond acceptors (Lipinski definition) is 2. The van der Waals surface area contributed by atoms with Crippen LogP contribution in [0, 0.1) is 0 Å². The molecule has 0 saturated carbocycles. The third-order valence-corrected chi connectivity index (χ3v) is 3.41. The predicted molar refractivity (Wildman–Crippen MR) is 77.1 cm³/mol. The molecule has 0 fully saturated rings. The van der Waals surface area contributed by atoms with Gasteiger partial charge in [0.05, 0.1) is 11.4 Å². The third kappa shape index (κ3) is 3.04. The average molecular weight is 258 g/mol. The van der Waals surface area contributed by atoms with Gasteiger partial charge in [0.1, 0.15) is 6.10 Å². The Morgan fingerprint density at radius 1 is 1.26 bits per heavy atom. The van der Waals surface area contributed by atoms with Crippen LogP contribution in [0.25, 0.3) is 0 Å². The summed E-state index contributed by atoms with van der Waals surface area (Å²) in [7, 11) is 1.88. The molecule has 3 nitrogen and oxygen atoms in total. The Kier molecular flexibility index (Phi) is 4.38. The van der Waals surface area contributed by atoms with Gasteiger partial charge in [0.2, 0.25) is 0 Å². The Hall–Kier alpha value is -1.61. The molecule has 3 heteroatoms. The van der Waals surface area contributed by atoms with Gasteiger partial charge >= 0.3 is 0 Å². The summed E-state index contributed by atoms with van der Waals surface area (Å²) in [6, 6.07) is 10.2. The van der Waals surface area contributed by atoms with E-state index in [0.717, 1.165) is 36.2 Å². The maximum atomic E-state index is 10.5. The van der Waals surface area contributed by atoms with Gasteiger partial charge in [-0.25, -0.2) is 0 Å². The zero-order valence-electron chi connectivity index (χ0n) is 11.9. The number of aliphatic hydroxyl groups is 1. The third-order valence-electron chi connectivity index (χ3n) is 3.41. The van der Waals surface area contributed by atoms with E-state index in [1.165, 1.54) is 5.56 Å². The fraction of sp³-hybridized carbons (Fsp3) is 0.438. The molecule has 1 unspecified atom stereocenters. The van der Waals surface area contributed by atoms with Crippen molar-refractivity contribution in [2.75, 3.05) is 0 Å². The van der Waals surface area contributed by atoms with Crippen molar-refractivity contribution in [3.05, 3.63) is 52.8 Å². The smallest absolute Gasteiger partial charge is 0.121 e. The standard InChI is InChI=1S/C16H22N2O/c1-4-7-12-8-6-9-13(10-12)16(19)15-11-14(5-2)17-18(15)3/h6,8-11,16,19H,4-5,7H2,1-3H3. The molecule has 0 aliphatic heterocycles. The van der Waals surface area contributed by atoms with Crippen LogP contribution in [0.1, 0.15) is 48.9 Å². The Morgan fingerprint density at radius 3 is 2.68 bits per heavy atom. The molecule has 0 spiro atoms. The zero-order valence-corrected chi connectivity index (χ0v) is 11.9. The van der Waals surface area contributed by atoms with Crippen LogP contribution in [0.5, 0.6) is 0 Å². The molecular formula is C16H22N2O. The second-order valence-corrected chi connectivity index (χ2v) is 4.94. The fourth-order valence-electron chi connectivity index (χ4n) is 2.35. The molecule has 0 saturated heterocycles. The van der Waals surface area contributed by atoms with Gasteiger partial charge in [0.15, 0.2) is 0 Å². The van der Waals surface area contributed by atoms with Crippen LogP contribution in [-0.4, -0.2) is 14.9 Å². The van der Waals surface area contributed by atoms with E-state index in [2.05, 4.69) is 31.1 Å². The van der Waals surface area contributed by atoms with Crippen molar-refractivity contribution in [1.82, 2.24) is 9.78 Å². The van der Waals surface area contributed by atoms with E-state index in [-0.39, 0.29) is 0 Å². The van der Waals surface area contributed by atoms with Crippen LogP contribution in [0.3, 0.4) is 0 Å². The van der Waals surface area contributed by atoms with Gasteiger partial charge in [-0.05, 0) is 30.0 Å². The number of aliphatic hydroxyl groups excluding tert-OH is 1. The molecule has 1 atom stereocenters.